The maximum absolute atomic E-state index is 10.6. The van der Waals surface area contributed by atoms with Gasteiger partial charge < -0.3 is 15.2 Å². The molecular weight excluding hydrogens is 218 g/mol. The first-order chi connectivity index (χ1) is 7.11. The number of carbonyl (C=O) groups is 1. The number of carboxylic acids is 1. The smallest absolute Gasteiger partial charge is 0.337 e. The van der Waals surface area contributed by atoms with Crippen LogP contribution in [0.5, 0.6) is 0 Å². The third-order valence-electron chi connectivity index (χ3n) is 2.23. The van der Waals surface area contributed by atoms with Gasteiger partial charge in [-0.25, -0.2) is 4.79 Å². The Morgan fingerprint density at radius 1 is 1.40 bits per heavy atom. The van der Waals surface area contributed by atoms with Gasteiger partial charge >= 0.3 is 5.97 Å². The summed E-state index contributed by atoms with van der Waals surface area (Å²) in [5.41, 5.74) is 1.01. The molecule has 0 spiro atoms. The SMILES string of the molecule is O=C(O)C(O)c1ccc2[nH]ccc2c1Cl. The second-order valence-corrected chi connectivity index (χ2v) is 3.53. The highest BCUT2D eigenvalue weighted by atomic mass is 35.5. The average molecular weight is 226 g/mol. The lowest BCUT2D eigenvalue weighted by Gasteiger charge is -2.08. The summed E-state index contributed by atoms with van der Waals surface area (Å²) in [5, 5.41) is 19.0. The second-order valence-electron chi connectivity index (χ2n) is 3.15. The Labute approximate surface area is 90.1 Å². The number of halogens is 1. The Morgan fingerprint density at radius 2 is 2.13 bits per heavy atom. The standard InChI is InChI=1S/C10H8ClNO3/c11-8-5-3-4-12-7(5)2-1-6(8)9(13)10(14)15/h1-4,9,12-13H,(H,14,15). The van der Waals surface area contributed by atoms with E-state index in [1.54, 1.807) is 18.3 Å². The van der Waals surface area contributed by atoms with E-state index in [1.807, 2.05) is 0 Å². The Kier molecular flexibility index (Phi) is 2.38. The summed E-state index contributed by atoms with van der Waals surface area (Å²) in [5.74, 6) is -1.31. The van der Waals surface area contributed by atoms with E-state index >= 15 is 0 Å². The molecule has 5 heteroatoms. The fraction of sp³-hybridized carbons (Fsp3) is 0.100. The van der Waals surface area contributed by atoms with Crippen molar-refractivity contribution < 1.29 is 15.0 Å². The number of aliphatic hydroxyl groups is 1. The Balaban J connectivity index is 2.62. The summed E-state index contributed by atoms with van der Waals surface area (Å²) in [6.07, 6.45) is 0.116. The van der Waals surface area contributed by atoms with Crippen molar-refractivity contribution in [2.24, 2.45) is 0 Å². The first-order valence-corrected chi connectivity index (χ1v) is 4.65. The van der Waals surface area contributed by atoms with Crippen LogP contribution in [0.15, 0.2) is 24.4 Å². The van der Waals surface area contributed by atoms with Crippen LogP contribution in [-0.4, -0.2) is 21.2 Å². The lowest BCUT2D eigenvalue weighted by atomic mass is 10.1. The van der Waals surface area contributed by atoms with Gasteiger partial charge in [-0.2, -0.15) is 0 Å². The number of rotatable bonds is 2. The topological polar surface area (TPSA) is 73.3 Å². The number of fused-ring (bicyclic) bond motifs is 1. The van der Waals surface area contributed by atoms with Crippen molar-refractivity contribution in [1.82, 2.24) is 4.98 Å². The van der Waals surface area contributed by atoms with Crippen LogP contribution in [0.3, 0.4) is 0 Å². The number of hydrogen-bond acceptors (Lipinski definition) is 2. The number of benzene rings is 1. The predicted molar refractivity (Wildman–Crippen MR) is 55.9 cm³/mol. The molecule has 0 bridgehead atoms. The molecule has 0 radical (unpaired) electrons. The van der Waals surface area contributed by atoms with Crippen molar-refractivity contribution in [2.45, 2.75) is 6.10 Å². The van der Waals surface area contributed by atoms with Crippen LogP contribution < -0.4 is 0 Å². The van der Waals surface area contributed by atoms with Crippen molar-refractivity contribution in [3.63, 3.8) is 0 Å². The number of H-pyrrole nitrogens is 1. The summed E-state index contributed by atoms with van der Waals surface area (Å²) in [7, 11) is 0. The summed E-state index contributed by atoms with van der Waals surface area (Å²) in [6, 6.07) is 4.92. The van der Waals surface area contributed by atoms with Gasteiger partial charge in [0, 0.05) is 22.7 Å². The zero-order valence-corrected chi connectivity index (χ0v) is 8.32. The van der Waals surface area contributed by atoms with Gasteiger partial charge in [0.05, 0.1) is 5.02 Å². The largest absolute Gasteiger partial charge is 0.479 e. The Bertz CT molecular complexity index is 520. The Hall–Kier alpha value is -1.52. The number of hydrogen-bond donors (Lipinski definition) is 3. The van der Waals surface area contributed by atoms with E-state index in [-0.39, 0.29) is 10.6 Å². The third kappa shape index (κ3) is 1.58. The predicted octanol–water partition coefficient (Wildman–Crippen LogP) is 1.94. The normalized spacial score (nSPS) is 12.9. The number of carboxylic acid groups (broad SMARTS) is 1. The molecule has 2 rings (SSSR count). The summed E-state index contributed by atoms with van der Waals surface area (Å²) >= 11 is 5.98. The van der Waals surface area contributed by atoms with Gasteiger partial charge in [0.1, 0.15) is 0 Å². The molecule has 1 aromatic heterocycles. The maximum atomic E-state index is 10.6. The number of aliphatic hydroxyl groups excluding tert-OH is 1. The van der Waals surface area contributed by atoms with Crippen molar-refractivity contribution in [1.29, 1.82) is 0 Å². The highest BCUT2D eigenvalue weighted by molar-refractivity contribution is 6.36. The minimum absolute atomic E-state index is 0.205. The molecule has 4 nitrogen and oxygen atoms in total. The first-order valence-electron chi connectivity index (χ1n) is 4.27. The van der Waals surface area contributed by atoms with Crippen LogP contribution >= 0.6 is 11.6 Å². The molecule has 3 N–H and O–H groups in total. The molecule has 0 saturated heterocycles. The van der Waals surface area contributed by atoms with Gasteiger partial charge in [0.2, 0.25) is 0 Å². The maximum Gasteiger partial charge on any atom is 0.337 e. The van der Waals surface area contributed by atoms with Crippen molar-refractivity contribution >= 4 is 28.5 Å². The van der Waals surface area contributed by atoms with Gasteiger partial charge in [0.25, 0.3) is 0 Å². The van der Waals surface area contributed by atoms with E-state index < -0.39 is 12.1 Å². The van der Waals surface area contributed by atoms with E-state index in [0.717, 1.165) is 5.52 Å². The van der Waals surface area contributed by atoms with Crippen LogP contribution in [0.4, 0.5) is 0 Å². The molecule has 15 heavy (non-hydrogen) atoms. The molecule has 1 heterocycles. The van der Waals surface area contributed by atoms with Crippen LogP contribution in [0.25, 0.3) is 10.9 Å². The van der Waals surface area contributed by atoms with Gasteiger partial charge in [-0.05, 0) is 12.1 Å². The number of aromatic amines is 1. The van der Waals surface area contributed by atoms with Crippen LogP contribution in [0, 0.1) is 0 Å². The minimum atomic E-state index is -1.59. The van der Waals surface area contributed by atoms with E-state index in [9.17, 15) is 9.90 Å². The molecule has 1 aromatic carbocycles. The molecule has 1 unspecified atom stereocenters. The molecule has 2 aromatic rings. The van der Waals surface area contributed by atoms with E-state index in [1.165, 1.54) is 6.07 Å². The van der Waals surface area contributed by atoms with Crippen molar-refractivity contribution in [3.05, 3.63) is 35.0 Å². The molecular formula is C10H8ClNO3. The Morgan fingerprint density at radius 3 is 2.80 bits per heavy atom. The van der Waals surface area contributed by atoms with Gasteiger partial charge in [-0.1, -0.05) is 17.7 Å². The van der Waals surface area contributed by atoms with E-state index in [2.05, 4.69) is 4.98 Å². The quantitative estimate of drug-likeness (QED) is 0.731. The zero-order chi connectivity index (χ0) is 11.0. The fourth-order valence-corrected chi connectivity index (χ4v) is 1.79. The minimum Gasteiger partial charge on any atom is -0.479 e. The second kappa shape index (κ2) is 3.56. The summed E-state index contributed by atoms with van der Waals surface area (Å²) in [6.45, 7) is 0. The molecule has 0 fully saturated rings. The molecule has 78 valence electrons. The summed E-state index contributed by atoms with van der Waals surface area (Å²) in [4.78, 5) is 13.6. The molecule has 0 aliphatic heterocycles. The molecule has 0 saturated carbocycles. The number of nitrogens with one attached hydrogen (secondary N) is 1. The van der Waals surface area contributed by atoms with Crippen molar-refractivity contribution in [2.75, 3.05) is 0 Å². The first kappa shape index (κ1) is 10.0. The molecule has 0 aliphatic rings. The highest BCUT2D eigenvalue weighted by Gasteiger charge is 2.20. The van der Waals surface area contributed by atoms with Crippen LogP contribution in [-0.2, 0) is 4.79 Å². The molecule has 0 amide bonds. The average Bonchev–Trinajstić information content (AvgIpc) is 2.66. The number of aliphatic carboxylic acids is 1. The van der Waals surface area contributed by atoms with Crippen LogP contribution in [0.1, 0.15) is 11.7 Å². The third-order valence-corrected chi connectivity index (χ3v) is 2.65. The monoisotopic (exact) mass is 225 g/mol. The molecule has 1 atom stereocenters. The summed E-state index contributed by atoms with van der Waals surface area (Å²) < 4.78 is 0. The van der Waals surface area contributed by atoms with Gasteiger partial charge in [-0.15, -0.1) is 0 Å². The van der Waals surface area contributed by atoms with Crippen LogP contribution in [0.2, 0.25) is 5.02 Å². The van der Waals surface area contributed by atoms with Crippen molar-refractivity contribution in [3.8, 4) is 0 Å². The fourth-order valence-electron chi connectivity index (χ4n) is 1.46. The van der Waals surface area contributed by atoms with Gasteiger partial charge in [0.15, 0.2) is 6.10 Å². The highest BCUT2D eigenvalue weighted by Crippen LogP contribution is 2.30. The number of aromatic nitrogens is 1. The zero-order valence-electron chi connectivity index (χ0n) is 7.57. The van der Waals surface area contributed by atoms with E-state index in [4.69, 9.17) is 16.7 Å². The van der Waals surface area contributed by atoms with E-state index in [0.29, 0.717) is 5.39 Å². The van der Waals surface area contributed by atoms with Gasteiger partial charge in [-0.3, -0.25) is 0 Å². The lowest BCUT2D eigenvalue weighted by molar-refractivity contribution is -0.146. The lowest BCUT2D eigenvalue weighted by Crippen LogP contribution is -2.10. The molecule has 0 aliphatic carbocycles.